The molecule has 26 heavy (non-hydrogen) atoms. The molecular weight excluding hydrogens is 348 g/mol. The minimum absolute atomic E-state index is 0.218. The number of para-hydroxylation sites is 2. The monoisotopic (exact) mass is 364 g/mol. The van der Waals surface area contributed by atoms with Crippen molar-refractivity contribution >= 4 is 26.8 Å². The lowest BCUT2D eigenvalue weighted by molar-refractivity contribution is 0.601. The number of rotatable bonds is 4. The highest BCUT2D eigenvalue weighted by molar-refractivity contribution is 7.92. The van der Waals surface area contributed by atoms with Crippen LogP contribution >= 0.6 is 0 Å². The van der Waals surface area contributed by atoms with Gasteiger partial charge >= 0.3 is 0 Å². The molecule has 5 nitrogen and oxygen atoms in total. The van der Waals surface area contributed by atoms with Gasteiger partial charge in [0.15, 0.2) is 5.58 Å². The molecule has 1 aromatic heterocycles. The molecule has 3 aromatic carbocycles. The molecule has 1 N–H and O–H groups in total. The highest BCUT2D eigenvalue weighted by Crippen LogP contribution is 2.27. The van der Waals surface area contributed by atoms with Crippen LogP contribution in [0.1, 0.15) is 5.56 Å². The number of anilines is 1. The maximum Gasteiger partial charge on any atom is 0.261 e. The summed E-state index contributed by atoms with van der Waals surface area (Å²) in [7, 11) is -3.65. The normalized spacial score (nSPS) is 11.6. The molecule has 0 spiro atoms. The molecule has 0 saturated carbocycles. The van der Waals surface area contributed by atoms with Crippen molar-refractivity contribution in [2.24, 2.45) is 0 Å². The topological polar surface area (TPSA) is 72.2 Å². The number of aryl methyl sites for hydroxylation is 1. The van der Waals surface area contributed by atoms with E-state index in [4.69, 9.17) is 4.42 Å². The molecule has 4 aromatic rings. The van der Waals surface area contributed by atoms with Crippen molar-refractivity contribution in [2.75, 3.05) is 4.72 Å². The summed E-state index contributed by atoms with van der Waals surface area (Å²) in [6.45, 7) is 1.91. The number of nitrogens with one attached hydrogen (secondary N) is 1. The molecule has 0 bridgehead atoms. The van der Waals surface area contributed by atoms with Crippen LogP contribution in [0.2, 0.25) is 0 Å². The number of nitrogens with zero attached hydrogens (tertiary/aromatic N) is 1. The van der Waals surface area contributed by atoms with Crippen molar-refractivity contribution in [3.05, 3.63) is 78.4 Å². The third-order valence-corrected chi connectivity index (χ3v) is 5.38. The predicted molar refractivity (Wildman–Crippen MR) is 101 cm³/mol. The van der Waals surface area contributed by atoms with Crippen LogP contribution < -0.4 is 4.72 Å². The molecule has 0 amide bonds. The number of oxazole rings is 1. The van der Waals surface area contributed by atoms with E-state index in [1.807, 2.05) is 37.3 Å². The molecule has 0 atom stereocenters. The Labute approximate surface area is 151 Å². The van der Waals surface area contributed by atoms with Crippen LogP contribution in [0.15, 0.2) is 82.1 Å². The Morgan fingerprint density at radius 1 is 0.923 bits per heavy atom. The summed E-state index contributed by atoms with van der Waals surface area (Å²) < 4.78 is 33.5. The van der Waals surface area contributed by atoms with Crippen LogP contribution in [0.4, 0.5) is 5.69 Å². The van der Waals surface area contributed by atoms with Crippen LogP contribution in [0.5, 0.6) is 0 Å². The summed E-state index contributed by atoms with van der Waals surface area (Å²) in [5.41, 5.74) is 3.60. The number of fused-ring (bicyclic) bond motifs is 1. The maximum atomic E-state index is 12.6. The van der Waals surface area contributed by atoms with E-state index in [2.05, 4.69) is 9.71 Å². The largest absolute Gasteiger partial charge is 0.436 e. The lowest BCUT2D eigenvalue weighted by atomic mass is 10.2. The molecule has 0 unspecified atom stereocenters. The van der Waals surface area contributed by atoms with Crippen molar-refractivity contribution in [3.8, 4) is 11.5 Å². The van der Waals surface area contributed by atoms with Gasteiger partial charge in [0, 0.05) is 11.3 Å². The third kappa shape index (κ3) is 3.19. The van der Waals surface area contributed by atoms with Crippen LogP contribution in [0, 0.1) is 6.92 Å². The second-order valence-corrected chi connectivity index (χ2v) is 7.67. The Balaban J connectivity index is 1.66. The highest BCUT2D eigenvalue weighted by atomic mass is 32.2. The predicted octanol–water partition coefficient (Wildman–Crippen LogP) is 4.60. The van der Waals surface area contributed by atoms with Crippen LogP contribution in [-0.2, 0) is 10.0 Å². The zero-order valence-electron chi connectivity index (χ0n) is 14.0. The molecule has 0 fully saturated rings. The number of sulfonamides is 1. The molecular formula is C20H16N2O3S. The van der Waals surface area contributed by atoms with E-state index in [9.17, 15) is 8.42 Å². The zero-order chi connectivity index (χ0) is 18.1. The smallest absolute Gasteiger partial charge is 0.261 e. The number of hydrogen-bond donors (Lipinski definition) is 1. The number of hydrogen-bond acceptors (Lipinski definition) is 4. The molecule has 6 heteroatoms. The van der Waals surface area contributed by atoms with Crippen molar-refractivity contribution < 1.29 is 12.8 Å². The van der Waals surface area contributed by atoms with Gasteiger partial charge in [-0.1, -0.05) is 35.9 Å². The SMILES string of the molecule is Cc1ccc(S(=O)(=O)Nc2cccc(-c3nc4ccccc4o3)c2)cc1. The van der Waals surface area contributed by atoms with Gasteiger partial charge in [-0.2, -0.15) is 0 Å². The summed E-state index contributed by atoms with van der Waals surface area (Å²) in [6, 6.07) is 21.2. The van der Waals surface area contributed by atoms with Crippen molar-refractivity contribution in [3.63, 3.8) is 0 Å². The van der Waals surface area contributed by atoms with E-state index in [0.29, 0.717) is 22.7 Å². The third-order valence-electron chi connectivity index (χ3n) is 3.99. The van der Waals surface area contributed by atoms with E-state index in [1.54, 1.807) is 42.5 Å². The maximum absolute atomic E-state index is 12.6. The first-order valence-electron chi connectivity index (χ1n) is 8.07. The fraction of sp³-hybridized carbons (Fsp3) is 0.0500. The Bertz CT molecular complexity index is 1150. The molecule has 0 aliphatic carbocycles. The standard InChI is InChI=1S/C20H16N2O3S/c1-14-9-11-17(12-10-14)26(23,24)22-16-6-4-5-15(13-16)20-21-18-7-2-3-8-19(18)25-20/h2-13,22H,1H3. The number of aromatic nitrogens is 1. The Morgan fingerprint density at radius 3 is 2.46 bits per heavy atom. The first kappa shape index (κ1) is 16.4. The summed E-state index contributed by atoms with van der Waals surface area (Å²) in [5, 5.41) is 0. The first-order chi connectivity index (χ1) is 12.5. The summed E-state index contributed by atoms with van der Waals surface area (Å²) >= 11 is 0. The number of benzene rings is 3. The van der Waals surface area contributed by atoms with Gasteiger partial charge in [0.1, 0.15) is 5.52 Å². The van der Waals surface area contributed by atoms with Crippen LogP contribution in [0.3, 0.4) is 0 Å². The first-order valence-corrected chi connectivity index (χ1v) is 9.55. The van der Waals surface area contributed by atoms with Gasteiger partial charge < -0.3 is 4.42 Å². The molecule has 0 aliphatic rings. The highest BCUT2D eigenvalue weighted by Gasteiger charge is 2.15. The fourth-order valence-electron chi connectivity index (χ4n) is 2.64. The molecule has 0 radical (unpaired) electrons. The Kier molecular flexibility index (Phi) is 3.97. The molecule has 0 saturated heterocycles. The lowest BCUT2D eigenvalue weighted by Gasteiger charge is -2.09. The van der Waals surface area contributed by atoms with Crippen LogP contribution in [0.25, 0.3) is 22.6 Å². The fourth-order valence-corrected chi connectivity index (χ4v) is 3.69. The Hall–Kier alpha value is -3.12. The minimum atomic E-state index is -3.65. The quantitative estimate of drug-likeness (QED) is 0.574. The van der Waals surface area contributed by atoms with E-state index in [0.717, 1.165) is 11.1 Å². The van der Waals surface area contributed by atoms with Gasteiger partial charge in [0.25, 0.3) is 10.0 Å². The van der Waals surface area contributed by atoms with Gasteiger partial charge in [-0.3, -0.25) is 4.72 Å². The van der Waals surface area contributed by atoms with Crippen molar-refractivity contribution in [1.82, 2.24) is 4.98 Å². The van der Waals surface area contributed by atoms with E-state index in [-0.39, 0.29) is 4.90 Å². The summed E-state index contributed by atoms with van der Waals surface area (Å²) in [4.78, 5) is 4.66. The molecule has 1 heterocycles. The van der Waals surface area contributed by atoms with Crippen LogP contribution in [-0.4, -0.2) is 13.4 Å². The van der Waals surface area contributed by atoms with Gasteiger partial charge in [-0.25, -0.2) is 13.4 Å². The van der Waals surface area contributed by atoms with E-state index < -0.39 is 10.0 Å². The van der Waals surface area contributed by atoms with Gasteiger partial charge in [-0.15, -0.1) is 0 Å². The zero-order valence-corrected chi connectivity index (χ0v) is 14.8. The van der Waals surface area contributed by atoms with Crippen molar-refractivity contribution in [2.45, 2.75) is 11.8 Å². The van der Waals surface area contributed by atoms with Gasteiger partial charge in [0.05, 0.1) is 4.90 Å². The average molecular weight is 364 g/mol. The molecule has 4 rings (SSSR count). The molecule has 0 aliphatic heterocycles. The second kappa shape index (κ2) is 6.31. The van der Waals surface area contributed by atoms with Gasteiger partial charge in [-0.05, 0) is 49.4 Å². The summed E-state index contributed by atoms with van der Waals surface area (Å²) in [5.74, 6) is 0.447. The second-order valence-electron chi connectivity index (χ2n) is 5.99. The lowest BCUT2D eigenvalue weighted by Crippen LogP contribution is -2.12. The molecule has 130 valence electrons. The van der Waals surface area contributed by atoms with Gasteiger partial charge in [0.2, 0.25) is 5.89 Å². The minimum Gasteiger partial charge on any atom is -0.436 e. The summed E-state index contributed by atoms with van der Waals surface area (Å²) in [6.07, 6.45) is 0. The van der Waals surface area contributed by atoms with E-state index in [1.165, 1.54) is 0 Å². The van der Waals surface area contributed by atoms with Crippen molar-refractivity contribution in [1.29, 1.82) is 0 Å². The average Bonchev–Trinajstić information content (AvgIpc) is 3.06. The Morgan fingerprint density at radius 2 is 1.69 bits per heavy atom. The van der Waals surface area contributed by atoms with E-state index >= 15 is 0 Å².